The van der Waals surface area contributed by atoms with Crippen molar-refractivity contribution in [2.24, 2.45) is 0 Å². The van der Waals surface area contributed by atoms with Gasteiger partial charge in [-0.05, 0) is 23.8 Å². The van der Waals surface area contributed by atoms with Crippen LogP contribution in [0.25, 0.3) is 28.0 Å². The zero-order chi connectivity index (χ0) is 15.0. The van der Waals surface area contributed by atoms with E-state index in [1.807, 2.05) is 0 Å². The third kappa shape index (κ3) is 2.18. The van der Waals surface area contributed by atoms with E-state index in [0.29, 0.717) is 27.5 Å². The van der Waals surface area contributed by atoms with Crippen LogP contribution in [-0.2, 0) is 0 Å². The molecule has 0 aliphatic carbocycles. The van der Waals surface area contributed by atoms with Crippen LogP contribution >= 0.6 is 0 Å². The topological polar surface area (TPSA) is 73.3 Å². The molecule has 0 bridgehead atoms. The molecule has 0 radical (unpaired) electrons. The quantitative estimate of drug-likeness (QED) is 0.409. The molecule has 21 heavy (non-hydrogen) atoms. The normalized spacial score (nSPS) is 12.0. The van der Waals surface area contributed by atoms with Gasteiger partial charge in [-0.25, -0.2) is 0 Å². The number of para-hydroxylation sites is 1. The Hall–Kier alpha value is -2.95. The van der Waals surface area contributed by atoms with E-state index in [1.165, 1.54) is 13.0 Å². The summed E-state index contributed by atoms with van der Waals surface area (Å²) in [6.07, 6.45) is 1.38. The lowest BCUT2D eigenvalue weighted by Gasteiger charge is -2.03. The molecule has 0 atom stereocenters. The van der Waals surface area contributed by atoms with Gasteiger partial charge in [0.2, 0.25) is 11.1 Å². The minimum absolute atomic E-state index is 0.0324. The number of nitrogens with zero attached hydrogens (tertiary/aromatic N) is 1. The van der Waals surface area contributed by atoms with E-state index in [0.717, 1.165) is 0 Å². The fourth-order valence-corrected chi connectivity index (χ4v) is 2.27. The van der Waals surface area contributed by atoms with Crippen molar-refractivity contribution in [1.29, 1.82) is 0 Å². The van der Waals surface area contributed by atoms with E-state index in [2.05, 4.69) is 0 Å². The summed E-state index contributed by atoms with van der Waals surface area (Å²) in [6.45, 7) is 1.39. The van der Waals surface area contributed by atoms with Gasteiger partial charge in [0, 0.05) is 13.0 Å². The summed E-state index contributed by atoms with van der Waals surface area (Å²) < 4.78 is 5.71. The van der Waals surface area contributed by atoms with Gasteiger partial charge in [0.1, 0.15) is 11.2 Å². The number of benzene rings is 2. The Morgan fingerprint density at radius 3 is 2.62 bits per heavy atom. The minimum atomic E-state index is -0.485. The lowest BCUT2D eigenvalue weighted by atomic mass is 10.1. The summed E-state index contributed by atoms with van der Waals surface area (Å²) in [5.74, 6) is 0. The predicted octanol–water partition coefficient (Wildman–Crippen LogP) is 3.58. The van der Waals surface area contributed by atoms with E-state index in [9.17, 15) is 14.9 Å². The van der Waals surface area contributed by atoms with Crippen LogP contribution in [0.4, 0.5) is 0 Å². The number of hydrogen-bond donors (Lipinski definition) is 0. The van der Waals surface area contributed by atoms with Crippen molar-refractivity contribution in [2.45, 2.75) is 6.92 Å². The molecule has 1 heterocycles. The summed E-state index contributed by atoms with van der Waals surface area (Å²) in [5.41, 5.74) is 1.19. The van der Waals surface area contributed by atoms with Gasteiger partial charge in [0.25, 0.3) is 0 Å². The Morgan fingerprint density at radius 1 is 1.14 bits per heavy atom. The standard InChI is InChI=1S/C16H11NO4/c1-10(17(19)20)9-11-5-4-8-14-15(11)16(18)12-6-2-3-7-13(12)21-14/h2-9H,1H3/b10-9-. The monoisotopic (exact) mass is 281 g/mol. The molecule has 0 aliphatic heterocycles. The maximum Gasteiger partial charge on any atom is 0.243 e. The highest BCUT2D eigenvalue weighted by Crippen LogP contribution is 2.22. The second-order valence-corrected chi connectivity index (χ2v) is 4.69. The van der Waals surface area contributed by atoms with Gasteiger partial charge in [-0.3, -0.25) is 14.9 Å². The van der Waals surface area contributed by atoms with Crippen molar-refractivity contribution in [2.75, 3.05) is 0 Å². The molecule has 0 fully saturated rings. The van der Waals surface area contributed by atoms with Gasteiger partial charge in [0.15, 0.2) is 0 Å². The fraction of sp³-hybridized carbons (Fsp3) is 0.0625. The number of rotatable bonds is 2. The molecule has 1 aromatic heterocycles. The SMILES string of the molecule is C/C(=C/c1cccc2oc3ccccc3c(=O)c12)[N+](=O)[O-]. The molecule has 0 spiro atoms. The summed E-state index contributed by atoms with van der Waals surface area (Å²) >= 11 is 0. The molecule has 5 nitrogen and oxygen atoms in total. The zero-order valence-electron chi connectivity index (χ0n) is 11.2. The average Bonchev–Trinajstić information content (AvgIpc) is 2.47. The molecule has 3 rings (SSSR count). The summed E-state index contributed by atoms with van der Waals surface area (Å²) in [4.78, 5) is 22.9. The maximum atomic E-state index is 12.6. The summed E-state index contributed by atoms with van der Waals surface area (Å²) in [7, 11) is 0. The van der Waals surface area contributed by atoms with Crippen molar-refractivity contribution in [3.8, 4) is 0 Å². The van der Waals surface area contributed by atoms with Gasteiger partial charge in [0.05, 0.1) is 15.7 Å². The van der Waals surface area contributed by atoms with Crippen LogP contribution in [0.2, 0.25) is 0 Å². The van der Waals surface area contributed by atoms with Crippen molar-refractivity contribution in [3.05, 3.63) is 74.1 Å². The predicted molar refractivity (Wildman–Crippen MR) is 80.6 cm³/mol. The molecule has 3 aromatic rings. The largest absolute Gasteiger partial charge is 0.456 e. The Labute approximate surface area is 119 Å². The number of fused-ring (bicyclic) bond motifs is 2. The Kier molecular flexibility index (Phi) is 3.02. The molecule has 0 saturated heterocycles. The van der Waals surface area contributed by atoms with E-state index in [-0.39, 0.29) is 11.1 Å². The van der Waals surface area contributed by atoms with Gasteiger partial charge in [-0.2, -0.15) is 0 Å². The van der Waals surface area contributed by atoms with Crippen molar-refractivity contribution in [3.63, 3.8) is 0 Å². The first-order valence-corrected chi connectivity index (χ1v) is 6.35. The van der Waals surface area contributed by atoms with Crippen molar-refractivity contribution in [1.82, 2.24) is 0 Å². The maximum absolute atomic E-state index is 12.6. The van der Waals surface area contributed by atoms with Crippen LogP contribution in [0.1, 0.15) is 12.5 Å². The second kappa shape index (κ2) is 4.86. The third-order valence-electron chi connectivity index (χ3n) is 3.29. The molecule has 0 saturated carbocycles. The molecule has 2 aromatic carbocycles. The first-order chi connectivity index (χ1) is 10.1. The van der Waals surface area contributed by atoms with Crippen molar-refractivity contribution >= 4 is 28.0 Å². The average molecular weight is 281 g/mol. The highest BCUT2D eigenvalue weighted by atomic mass is 16.6. The summed E-state index contributed by atoms with van der Waals surface area (Å²) in [6, 6.07) is 12.0. The van der Waals surface area contributed by atoms with E-state index >= 15 is 0 Å². The van der Waals surface area contributed by atoms with Gasteiger partial charge in [-0.15, -0.1) is 0 Å². The van der Waals surface area contributed by atoms with Gasteiger partial charge in [-0.1, -0.05) is 24.3 Å². The molecule has 0 unspecified atom stereocenters. The first kappa shape index (κ1) is 13.1. The minimum Gasteiger partial charge on any atom is -0.456 e. The number of hydrogen-bond acceptors (Lipinski definition) is 4. The lowest BCUT2D eigenvalue weighted by Crippen LogP contribution is -2.04. The highest BCUT2D eigenvalue weighted by molar-refractivity contribution is 5.94. The second-order valence-electron chi connectivity index (χ2n) is 4.69. The van der Waals surface area contributed by atoms with E-state index in [4.69, 9.17) is 4.42 Å². The Morgan fingerprint density at radius 2 is 1.86 bits per heavy atom. The number of nitro groups is 1. The van der Waals surface area contributed by atoms with Crippen LogP contribution in [-0.4, -0.2) is 4.92 Å². The Bertz CT molecular complexity index is 953. The molecule has 5 heteroatoms. The van der Waals surface area contributed by atoms with Gasteiger partial charge < -0.3 is 4.42 Å². The lowest BCUT2D eigenvalue weighted by molar-refractivity contribution is -0.422. The Balaban J connectivity index is 2.43. The van der Waals surface area contributed by atoms with Crippen LogP contribution < -0.4 is 5.43 Å². The molecule has 0 amide bonds. The van der Waals surface area contributed by atoms with Crippen molar-refractivity contribution < 1.29 is 9.34 Å². The molecule has 0 N–H and O–H groups in total. The first-order valence-electron chi connectivity index (χ1n) is 6.35. The van der Waals surface area contributed by atoms with Crippen LogP contribution in [0.3, 0.4) is 0 Å². The third-order valence-corrected chi connectivity index (χ3v) is 3.29. The van der Waals surface area contributed by atoms with E-state index < -0.39 is 4.92 Å². The van der Waals surface area contributed by atoms with E-state index in [1.54, 1.807) is 42.5 Å². The van der Waals surface area contributed by atoms with Crippen LogP contribution in [0, 0.1) is 10.1 Å². The molecule has 104 valence electrons. The molecular formula is C16H11NO4. The van der Waals surface area contributed by atoms with Gasteiger partial charge >= 0.3 is 0 Å². The number of allylic oxidation sites excluding steroid dienone is 1. The molecular weight excluding hydrogens is 270 g/mol. The van der Waals surface area contributed by atoms with Crippen LogP contribution in [0.5, 0.6) is 0 Å². The smallest absolute Gasteiger partial charge is 0.243 e. The zero-order valence-corrected chi connectivity index (χ0v) is 11.2. The molecule has 0 aliphatic rings. The van der Waals surface area contributed by atoms with Crippen LogP contribution in [0.15, 0.2) is 57.4 Å². The summed E-state index contributed by atoms with van der Waals surface area (Å²) in [5, 5.41) is 11.6. The highest BCUT2D eigenvalue weighted by Gasteiger charge is 2.12. The fourth-order valence-electron chi connectivity index (χ4n) is 2.27.